The molecule has 8 nitrogen and oxygen atoms in total. The summed E-state index contributed by atoms with van der Waals surface area (Å²) in [4.78, 5) is 20.7. The fraction of sp³-hybridized carbons (Fsp3) is 0.429. The summed E-state index contributed by atoms with van der Waals surface area (Å²) in [5, 5.41) is 4.55. The van der Waals surface area contributed by atoms with Gasteiger partial charge in [0.15, 0.2) is 5.82 Å². The van der Waals surface area contributed by atoms with Crippen LogP contribution in [-0.4, -0.2) is 71.0 Å². The number of para-hydroxylation sites is 1. The molecule has 3 fully saturated rings. The summed E-state index contributed by atoms with van der Waals surface area (Å²) in [5.41, 5.74) is 10.0. The van der Waals surface area contributed by atoms with Crippen LogP contribution in [0.1, 0.15) is 23.2 Å². The third kappa shape index (κ3) is 3.30. The van der Waals surface area contributed by atoms with Crippen LogP contribution in [-0.2, 0) is 13.6 Å². The Balaban J connectivity index is 1.37. The lowest BCUT2D eigenvalue weighted by molar-refractivity contribution is 0.0697. The molecule has 3 N–H and O–H groups in total. The van der Waals surface area contributed by atoms with Crippen molar-refractivity contribution < 1.29 is 9.53 Å². The molecular formula is C28H31BN6O2. The van der Waals surface area contributed by atoms with Crippen molar-refractivity contribution in [2.45, 2.75) is 30.9 Å². The molecule has 1 aliphatic carbocycles. The Morgan fingerprint density at radius 2 is 2.05 bits per heavy atom. The van der Waals surface area contributed by atoms with Crippen LogP contribution in [0.3, 0.4) is 0 Å². The van der Waals surface area contributed by atoms with E-state index in [2.05, 4.69) is 51.8 Å². The molecule has 7 rings (SSSR count). The highest BCUT2D eigenvalue weighted by atomic mass is 16.5. The van der Waals surface area contributed by atoms with Crippen molar-refractivity contribution >= 4 is 35.7 Å². The number of ether oxygens (including phenoxy) is 1. The van der Waals surface area contributed by atoms with E-state index in [1.807, 2.05) is 17.0 Å². The summed E-state index contributed by atoms with van der Waals surface area (Å²) in [6, 6.07) is 14.2. The Labute approximate surface area is 217 Å². The Hall–Kier alpha value is -3.30. The van der Waals surface area contributed by atoms with Crippen LogP contribution in [0.15, 0.2) is 42.5 Å². The molecule has 3 aliphatic rings. The molecule has 3 unspecified atom stereocenters. The van der Waals surface area contributed by atoms with Gasteiger partial charge in [-0.15, -0.1) is 0 Å². The second-order valence-electron chi connectivity index (χ2n) is 11.0. The highest BCUT2D eigenvalue weighted by Crippen LogP contribution is 2.43. The van der Waals surface area contributed by atoms with Gasteiger partial charge in [-0.2, -0.15) is 0 Å². The van der Waals surface area contributed by atoms with Crippen molar-refractivity contribution in [3.05, 3.63) is 48.0 Å². The largest absolute Gasteiger partial charge is 0.494 e. The number of rotatable bonds is 5. The Morgan fingerprint density at radius 3 is 2.70 bits per heavy atom. The van der Waals surface area contributed by atoms with Crippen LogP contribution in [0.25, 0.3) is 33.5 Å². The molecule has 2 saturated heterocycles. The lowest BCUT2D eigenvalue weighted by Gasteiger charge is -2.30. The fourth-order valence-electron chi connectivity index (χ4n) is 6.68. The number of amides is 1. The number of nitrogens with two attached hydrogens (primary N) is 1. The first-order valence-electron chi connectivity index (χ1n) is 13.1. The summed E-state index contributed by atoms with van der Waals surface area (Å²) in [7, 11) is 10.1. The highest BCUT2D eigenvalue weighted by Gasteiger charge is 2.54. The predicted octanol–water partition coefficient (Wildman–Crippen LogP) is 2.48. The lowest BCUT2D eigenvalue weighted by Crippen LogP contribution is -2.52. The Kier molecular flexibility index (Phi) is 5.01. The molecule has 1 amide bonds. The van der Waals surface area contributed by atoms with Crippen molar-refractivity contribution in [2.75, 3.05) is 26.7 Å². The van der Waals surface area contributed by atoms with Gasteiger partial charge < -0.3 is 29.8 Å². The van der Waals surface area contributed by atoms with Gasteiger partial charge in [-0.1, -0.05) is 18.2 Å². The Bertz CT molecular complexity index is 1550. The number of nitrogens with one attached hydrogen (secondary N) is 1. The minimum atomic E-state index is -0.816. The molecule has 2 bridgehead atoms. The SMILES string of the molecule is [B]C1(N)C2CCC1N(C(=O)c1cc(OC)c3c(c1)nc(-c1cc4ccccc4n1C)n3CC1CNC1)C2. The average molecular weight is 494 g/mol. The van der Waals surface area contributed by atoms with Gasteiger partial charge in [0.2, 0.25) is 0 Å². The van der Waals surface area contributed by atoms with Crippen molar-refractivity contribution in [1.29, 1.82) is 0 Å². The topological polar surface area (TPSA) is 90.3 Å². The van der Waals surface area contributed by atoms with Gasteiger partial charge in [0, 0.05) is 67.1 Å². The quantitative estimate of drug-likeness (QED) is 0.416. The van der Waals surface area contributed by atoms with Crippen LogP contribution < -0.4 is 15.8 Å². The summed E-state index contributed by atoms with van der Waals surface area (Å²) < 4.78 is 10.3. The van der Waals surface area contributed by atoms with Gasteiger partial charge in [-0.05, 0) is 43.0 Å². The molecule has 3 atom stereocenters. The van der Waals surface area contributed by atoms with E-state index in [1.54, 1.807) is 7.11 Å². The second kappa shape index (κ2) is 8.10. The number of methoxy groups -OCH3 is 1. The third-order valence-corrected chi connectivity index (χ3v) is 8.89. The van der Waals surface area contributed by atoms with Crippen molar-refractivity contribution in [3.8, 4) is 17.3 Å². The summed E-state index contributed by atoms with van der Waals surface area (Å²) in [6.07, 6.45) is 1.82. The highest BCUT2D eigenvalue weighted by molar-refractivity contribution is 6.17. The first-order chi connectivity index (χ1) is 17.9. The molecular weight excluding hydrogens is 463 g/mol. The van der Waals surface area contributed by atoms with E-state index < -0.39 is 5.44 Å². The predicted molar refractivity (Wildman–Crippen MR) is 145 cm³/mol. The average Bonchev–Trinajstić information content (AvgIpc) is 3.57. The van der Waals surface area contributed by atoms with Gasteiger partial charge in [0.25, 0.3) is 5.91 Å². The monoisotopic (exact) mass is 494 g/mol. The molecule has 2 aromatic carbocycles. The molecule has 1 saturated carbocycles. The first-order valence-corrected chi connectivity index (χ1v) is 13.1. The van der Waals surface area contributed by atoms with Crippen LogP contribution in [0.4, 0.5) is 0 Å². The standard InChI is InChI=1S/C28H31BN6O2/c1-33-21-6-4-3-5-17(21)10-22(33)26-32-20-9-18(27(36)34-15-19-7-8-24(34)28(19,29)30)11-23(37-2)25(20)35(26)14-16-12-31-13-16/h3-6,9-11,16,19,24,31H,7-8,12-15,30H2,1-2H3. The van der Waals surface area contributed by atoms with Crippen LogP contribution in [0.2, 0.25) is 0 Å². The first kappa shape index (κ1) is 22.9. The van der Waals surface area contributed by atoms with E-state index in [0.717, 1.165) is 60.5 Å². The second-order valence-corrected chi connectivity index (χ2v) is 11.0. The number of hydrogen-bond donors (Lipinski definition) is 2. The van der Waals surface area contributed by atoms with Crippen LogP contribution in [0.5, 0.6) is 5.75 Å². The number of imidazole rings is 1. The van der Waals surface area contributed by atoms with Gasteiger partial charge in [-0.3, -0.25) is 4.79 Å². The number of likely N-dealkylation sites (tertiary alicyclic amines) is 1. The molecule has 37 heavy (non-hydrogen) atoms. The number of carbonyl (C=O) groups is 1. The molecule has 2 radical (unpaired) electrons. The lowest BCUT2D eigenvalue weighted by atomic mass is 9.71. The molecule has 4 heterocycles. The number of aromatic nitrogens is 3. The number of aryl methyl sites for hydroxylation is 1. The van der Waals surface area contributed by atoms with Crippen LogP contribution in [0, 0.1) is 11.8 Å². The van der Waals surface area contributed by atoms with Crippen molar-refractivity contribution in [3.63, 3.8) is 0 Å². The maximum atomic E-state index is 13.7. The van der Waals surface area contributed by atoms with Crippen molar-refractivity contribution in [1.82, 2.24) is 24.3 Å². The van der Waals surface area contributed by atoms with E-state index in [9.17, 15) is 4.79 Å². The van der Waals surface area contributed by atoms with Crippen LogP contribution >= 0.6 is 0 Å². The van der Waals surface area contributed by atoms with Gasteiger partial charge >= 0.3 is 0 Å². The van der Waals surface area contributed by atoms with E-state index in [4.69, 9.17) is 23.3 Å². The zero-order chi connectivity index (χ0) is 25.5. The van der Waals surface area contributed by atoms with E-state index in [0.29, 0.717) is 23.8 Å². The minimum absolute atomic E-state index is 0.0587. The van der Waals surface area contributed by atoms with E-state index in [-0.39, 0.29) is 17.9 Å². The normalized spacial score (nSPS) is 25.3. The molecule has 0 spiro atoms. The fourth-order valence-corrected chi connectivity index (χ4v) is 6.68. The molecule has 2 aromatic heterocycles. The zero-order valence-electron chi connectivity index (χ0n) is 21.3. The number of benzene rings is 2. The van der Waals surface area contributed by atoms with Crippen molar-refractivity contribution in [2.24, 2.45) is 24.6 Å². The molecule has 188 valence electrons. The number of piperidine rings is 1. The maximum Gasteiger partial charge on any atom is 0.254 e. The molecule has 4 aromatic rings. The van der Waals surface area contributed by atoms with E-state index >= 15 is 0 Å². The number of fused-ring (bicyclic) bond motifs is 4. The van der Waals surface area contributed by atoms with Gasteiger partial charge in [-0.25, -0.2) is 4.98 Å². The van der Waals surface area contributed by atoms with E-state index in [1.165, 1.54) is 5.39 Å². The number of carbonyl (C=O) groups excluding carboxylic acids is 1. The Morgan fingerprint density at radius 1 is 1.24 bits per heavy atom. The molecule has 9 heteroatoms. The minimum Gasteiger partial charge on any atom is -0.494 e. The smallest absolute Gasteiger partial charge is 0.254 e. The third-order valence-electron chi connectivity index (χ3n) is 8.89. The van der Waals surface area contributed by atoms with Gasteiger partial charge in [0.05, 0.1) is 26.2 Å². The number of nitrogens with zero attached hydrogens (tertiary/aromatic N) is 4. The summed E-state index contributed by atoms with van der Waals surface area (Å²) in [6.45, 7) is 3.37. The molecule has 2 aliphatic heterocycles. The zero-order valence-corrected chi connectivity index (χ0v) is 21.3. The number of hydrogen-bond acceptors (Lipinski definition) is 5. The summed E-state index contributed by atoms with van der Waals surface area (Å²) >= 11 is 0. The maximum absolute atomic E-state index is 13.7. The summed E-state index contributed by atoms with van der Waals surface area (Å²) in [5.74, 6) is 2.13. The van der Waals surface area contributed by atoms with Gasteiger partial charge in [0.1, 0.15) is 11.3 Å².